The first-order valence-electron chi connectivity index (χ1n) is 5.26. The van der Waals surface area contributed by atoms with Gasteiger partial charge in [-0.3, -0.25) is 4.68 Å². The van der Waals surface area contributed by atoms with E-state index in [2.05, 4.69) is 20.6 Å². The number of rotatable bonds is 4. The third kappa shape index (κ3) is 2.21. The van der Waals surface area contributed by atoms with E-state index < -0.39 is 0 Å². The van der Waals surface area contributed by atoms with E-state index in [1.807, 2.05) is 27.1 Å². The molecule has 0 saturated heterocycles. The number of hydrogen-bond acceptors (Lipinski definition) is 5. The van der Waals surface area contributed by atoms with Gasteiger partial charge in [0.1, 0.15) is 6.04 Å². The normalized spacial score (nSPS) is 12.7. The van der Waals surface area contributed by atoms with E-state index in [9.17, 15) is 0 Å². The molecule has 2 rings (SSSR count). The van der Waals surface area contributed by atoms with Gasteiger partial charge in [-0.2, -0.15) is 10.1 Å². The predicted molar refractivity (Wildman–Crippen MR) is 58.9 cm³/mol. The van der Waals surface area contributed by atoms with Crippen molar-refractivity contribution in [2.24, 2.45) is 7.05 Å². The van der Waals surface area contributed by atoms with Crippen molar-refractivity contribution in [2.45, 2.75) is 26.3 Å². The van der Waals surface area contributed by atoms with Crippen LogP contribution < -0.4 is 5.32 Å². The number of anilines is 1. The molecule has 86 valence electrons. The predicted octanol–water partition coefficient (Wildman–Crippen LogP) is 1.54. The summed E-state index contributed by atoms with van der Waals surface area (Å²) in [5.74, 6) is 1.33. The topological polar surface area (TPSA) is 68.8 Å². The van der Waals surface area contributed by atoms with E-state index in [1.54, 1.807) is 10.9 Å². The van der Waals surface area contributed by atoms with Crippen molar-refractivity contribution < 1.29 is 4.52 Å². The van der Waals surface area contributed by atoms with Gasteiger partial charge in [-0.25, -0.2) is 0 Å². The Balaban J connectivity index is 2.05. The molecule has 0 saturated carbocycles. The van der Waals surface area contributed by atoms with E-state index in [-0.39, 0.29) is 6.04 Å². The summed E-state index contributed by atoms with van der Waals surface area (Å²) in [5.41, 5.74) is 0.936. The summed E-state index contributed by atoms with van der Waals surface area (Å²) >= 11 is 0. The standard InChI is InChI=1S/C10H15N5O/c1-4-9-13-10(16-14-9)7(2)12-8-5-11-15(3)6-8/h5-7,12H,4H2,1-3H3. The lowest BCUT2D eigenvalue weighted by atomic mass is 10.3. The first kappa shape index (κ1) is 10.7. The second-order valence-corrected chi connectivity index (χ2v) is 3.67. The van der Waals surface area contributed by atoms with Crippen LogP contribution in [0.25, 0.3) is 0 Å². The average molecular weight is 221 g/mol. The van der Waals surface area contributed by atoms with Gasteiger partial charge < -0.3 is 9.84 Å². The van der Waals surface area contributed by atoms with Gasteiger partial charge in [0.2, 0.25) is 5.89 Å². The van der Waals surface area contributed by atoms with Crippen LogP contribution in [-0.2, 0) is 13.5 Å². The molecule has 0 radical (unpaired) electrons. The molecule has 0 aliphatic carbocycles. The highest BCUT2D eigenvalue weighted by Gasteiger charge is 2.13. The maximum Gasteiger partial charge on any atom is 0.248 e. The Morgan fingerprint density at radius 1 is 1.56 bits per heavy atom. The Labute approximate surface area is 93.7 Å². The Morgan fingerprint density at radius 3 is 2.94 bits per heavy atom. The largest absolute Gasteiger partial charge is 0.371 e. The van der Waals surface area contributed by atoms with Crippen molar-refractivity contribution in [3.05, 3.63) is 24.1 Å². The number of nitrogens with zero attached hydrogens (tertiary/aromatic N) is 4. The highest BCUT2D eigenvalue weighted by atomic mass is 16.5. The van der Waals surface area contributed by atoms with Crippen LogP contribution in [0, 0.1) is 0 Å². The number of hydrogen-bond donors (Lipinski definition) is 1. The van der Waals surface area contributed by atoms with Gasteiger partial charge in [0.25, 0.3) is 0 Å². The quantitative estimate of drug-likeness (QED) is 0.848. The molecule has 0 amide bonds. The van der Waals surface area contributed by atoms with Crippen LogP contribution in [0.5, 0.6) is 0 Å². The van der Waals surface area contributed by atoms with E-state index in [4.69, 9.17) is 4.52 Å². The molecular weight excluding hydrogens is 206 g/mol. The first-order chi connectivity index (χ1) is 7.69. The molecule has 0 bridgehead atoms. The van der Waals surface area contributed by atoms with Crippen molar-refractivity contribution in [3.63, 3.8) is 0 Å². The van der Waals surface area contributed by atoms with E-state index in [0.29, 0.717) is 5.89 Å². The van der Waals surface area contributed by atoms with Crippen LogP contribution in [-0.4, -0.2) is 19.9 Å². The van der Waals surface area contributed by atoms with Crippen molar-refractivity contribution in [1.29, 1.82) is 0 Å². The molecule has 2 aromatic heterocycles. The summed E-state index contributed by atoms with van der Waals surface area (Å²) in [4.78, 5) is 4.26. The summed E-state index contributed by atoms with van der Waals surface area (Å²) in [6.07, 6.45) is 4.43. The van der Waals surface area contributed by atoms with E-state index in [0.717, 1.165) is 17.9 Å². The van der Waals surface area contributed by atoms with Gasteiger partial charge >= 0.3 is 0 Å². The Hall–Kier alpha value is -1.85. The molecular formula is C10H15N5O. The van der Waals surface area contributed by atoms with Crippen molar-refractivity contribution >= 4 is 5.69 Å². The fourth-order valence-corrected chi connectivity index (χ4v) is 1.39. The Kier molecular flexibility index (Phi) is 2.89. The molecule has 2 heterocycles. The Morgan fingerprint density at radius 2 is 2.38 bits per heavy atom. The molecule has 1 atom stereocenters. The highest BCUT2D eigenvalue weighted by molar-refractivity contribution is 5.39. The van der Waals surface area contributed by atoms with Crippen LogP contribution in [0.4, 0.5) is 5.69 Å². The first-order valence-corrected chi connectivity index (χ1v) is 5.26. The second-order valence-electron chi connectivity index (χ2n) is 3.67. The molecule has 1 unspecified atom stereocenters. The molecule has 0 fully saturated rings. The monoisotopic (exact) mass is 221 g/mol. The summed E-state index contributed by atoms with van der Waals surface area (Å²) in [7, 11) is 1.87. The lowest BCUT2D eigenvalue weighted by Gasteiger charge is -2.07. The molecule has 6 nitrogen and oxygen atoms in total. The molecule has 16 heavy (non-hydrogen) atoms. The minimum absolute atomic E-state index is 0.0167. The second kappa shape index (κ2) is 4.34. The van der Waals surface area contributed by atoms with Gasteiger partial charge in [-0.15, -0.1) is 0 Å². The molecule has 0 aliphatic rings. The van der Waals surface area contributed by atoms with Crippen LogP contribution in [0.3, 0.4) is 0 Å². The lowest BCUT2D eigenvalue weighted by molar-refractivity contribution is 0.363. The summed E-state index contributed by atoms with van der Waals surface area (Å²) < 4.78 is 6.88. The van der Waals surface area contributed by atoms with Crippen LogP contribution in [0.2, 0.25) is 0 Å². The number of aryl methyl sites for hydroxylation is 2. The molecule has 2 aromatic rings. The third-order valence-electron chi connectivity index (χ3n) is 2.26. The molecule has 1 N–H and O–H groups in total. The van der Waals surface area contributed by atoms with E-state index in [1.165, 1.54) is 0 Å². The maximum atomic E-state index is 5.15. The van der Waals surface area contributed by atoms with Crippen LogP contribution in [0.1, 0.15) is 31.6 Å². The van der Waals surface area contributed by atoms with Crippen molar-refractivity contribution in [1.82, 2.24) is 19.9 Å². The maximum absolute atomic E-state index is 5.15. The van der Waals surface area contributed by atoms with Gasteiger partial charge in [-0.05, 0) is 6.92 Å². The highest BCUT2D eigenvalue weighted by Crippen LogP contribution is 2.16. The zero-order chi connectivity index (χ0) is 11.5. The zero-order valence-corrected chi connectivity index (χ0v) is 9.64. The van der Waals surface area contributed by atoms with Gasteiger partial charge in [0.05, 0.1) is 11.9 Å². The van der Waals surface area contributed by atoms with Crippen molar-refractivity contribution in [3.8, 4) is 0 Å². The lowest BCUT2D eigenvalue weighted by Crippen LogP contribution is -2.06. The average Bonchev–Trinajstić information content (AvgIpc) is 2.87. The summed E-state index contributed by atoms with van der Waals surface area (Å²) in [6.45, 7) is 3.97. The van der Waals surface area contributed by atoms with Gasteiger partial charge in [-0.1, -0.05) is 12.1 Å². The van der Waals surface area contributed by atoms with Crippen LogP contribution in [0.15, 0.2) is 16.9 Å². The fourth-order valence-electron chi connectivity index (χ4n) is 1.39. The molecule has 0 aliphatic heterocycles. The summed E-state index contributed by atoms with van der Waals surface area (Å²) in [5, 5.41) is 11.2. The molecule has 0 spiro atoms. The third-order valence-corrected chi connectivity index (χ3v) is 2.26. The minimum atomic E-state index is -0.0167. The van der Waals surface area contributed by atoms with E-state index >= 15 is 0 Å². The number of nitrogens with one attached hydrogen (secondary N) is 1. The fraction of sp³-hybridized carbons (Fsp3) is 0.500. The minimum Gasteiger partial charge on any atom is -0.371 e. The molecule has 6 heteroatoms. The Bertz CT molecular complexity index is 461. The van der Waals surface area contributed by atoms with Crippen molar-refractivity contribution in [2.75, 3.05) is 5.32 Å². The summed E-state index contributed by atoms with van der Waals surface area (Å²) in [6, 6.07) is -0.0167. The molecule has 0 aromatic carbocycles. The zero-order valence-electron chi connectivity index (χ0n) is 9.64. The number of aromatic nitrogens is 4. The van der Waals surface area contributed by atoms with Gasteiger partial charge in [0.15, 0.2) is 5.82 Å². The smallest absolute Gasteiger partial charge is 0.248 e. The van der Waals surface area contributed by atoms with Crippen LogP contribution >= 0.6 is 0 Å². The SMILES string of the molecule is CCc1noc(C(C)Nc2cnn(C)c2)n1. The van der Waals surface area contributed by atoms with Gasteiger partial charge in [0, 0.05) is 19.7 Å².